The smallest absolute Gasteiger partial charge is 0.356 e. The van der Waals surface area contributed by atoms with Gasteiger partial charge in [-0.1, -0.05) is 18.5 Å². The second kappa shape index (κ2) is 5.99. The molecule has 0 unspecified atom stereocenters. The largest absolute Gasteiger partial charge is 0.476 e. The summed E-state index contributed by atoms with van der Waals surface area (Å²) in [6, 6.07) is 3.16. The highest BCUT2D eigenvalue weighted by Gasteiger charge is 2.11. The summed E-state index contributed by atoms with van der Waals surface area (Å²) in [6.07, 6.45) is 2.81. The summed E-state index contributed by atoms with van der Waals surface area (Å²) in [5.74, 6) is -0.675. The van der Waals surface area contributed by atoms with Gasteiger partial charge in [0.15, 0.2) is 5.69 Å². The minimum Gasteiger partial charge on any atom is -0.476 e. The minimum atomic E-state index is -1.14. The molecule has 0 radical (unpaired) electrons. The number of hydrogen-bond acceptors (Lipinski definition) is 5. The Kier molecular flexibility index (Phi) is 4.34. The Morgan fingerprint density at radius 1 is 1.53 bits per heavy atom. The van der Waals surface area contributed by atoms with E-state index in [-0.39, 0.29) is 10.7 Å². The van der Waals surface area contributed by atoms with Gasteiger partial charge in [-0.2, -0.15) is 0 Å². The van der Waals surface area contributed by atoms with Gasteiger partial charge in [0.05, 0.1) is 11.6 Å². The summed E-state index contributed by atoms with van der Waals surface area (Å²) in [6.45, 7) is 2.59. The van der Waals surface area contributed by atoms with Crippen LogP contribution in [0, 0.1) is 0 Å². The lowest BCUT2D eigenvalue weighted by Gasteiger charge is -2.05. The maximum atomic E-state index is 10.9. The number of nitrogens with one attached hydrogen (secondary N) is 1. The van der Waals surface area contributed by atoms with Gasteiger partial charge in [0.1, 0.15) is 10.8 Å². The number of aromatic carboxylic acids is 1. The maximum Gasteiger partial charge on any atom is 0.356 e. The summed E-state index contributed by atoms with van der Waals surface area (Å²) < 4.78 is 0. The van der Waals surface area contributed by atoms with E-state index in [0.717, 1.165) is 11.4 Å². The minimum absolute atomic E-state index is 0.126. The first-order valence-corrected chi connectivity index (χ1v) is 6.87. The van der Waals surface area contributed by atoms with Crippen molar-refractivity contribution in [3.05, 3.63) is 38.9 Å². The molecule has 0 aliphatic heterocycles. The normalized spacial score (nSPS) is 10.4. The zero-order valence-electron chi connectivity index (χ0n) is 10.2. The highest BCUT2D eigenvalue weighted by atomic mass is 35.5. The Morgan fingerprint density at radius 3 is 2.95 bits per heavy atom. The van der Waals surface area contributed by atoms with Crippen molar-refractivity contribution in [2.24, 2.45) is 0 Å². The molecule has 5 nitrogen and oxygen atoms in total. The number of aromatic nitrogens is 2. The quantitative estimate of drug-likeness (QED) is 0.887. The van der Waals surface area contributed by atoms with Gasteiger partial charge < -0.3 is 10.4 Å². The molecular formula is C12H12ClN3O2S. The standard InChI is InChI=1S/C12H12ClN3O2S/c1-2-7-5-15-10(19-7)6-14-9-4-3-8(13)11(16-9)12(17)18/h3-5H,2,6H2,1H3,(H,14,16)(H,17,18). The molecule has 0 bridgehead atoms. The maximum absolute atomic E-state index is 10.9. The second-order valence-corrected chi connectivity index (χ2v) is 5.37. The Morgan fingerprint density at radius 2 is 2.32 bits per heavy atom. The lowest BCUT2D eigenvalue weighted by molar-refractivity contribution is 0.0691. The fraction of sp³-hybridized carbons (Fsp3) is 0.250. The summed E-state index contributed by atoms with van der Waals surface area (Å²) >= 11 is 7.37. The van der Waals surface area contributed by atoms with Gasteiger partial charge in [-0.05, 0) is 18.6 Å². The number of halogens is 1. The van der Waals surface area contributed by atoms with Gasteiger partial charge >= 0.3 is 5.97 Å². The molecule has 0 saturated carbocycles. The number of thiazole rings is 1. The average Bonchev–Trinajstić information content (AvgIpc) is 2.85. The second-order valence-electron chi connectivity index (χ2n) is 3.76. The number of anilines is 1. The first-order chi connectivity index (χ1) is 9.10. The highest BCUT2D eigenvalue weighted by Crippen LogP contribution is 2.18. The molecule has 0 aliphatic rings. The van der Waals surface area contributed by atoms with Gasteiger partial charge in [0.2, 0.25) is 0 Å². The Balaban J connectivity index is 2.07. The van der Waals surface area contributed by atoms with Crippen molar-refractivity contribution in [2.75, 3.05) is 5.32 Å². The number of rotatable bonds is 5. The van der Waals surface area contributed by atoms with Crippen LogP contribution in [0.25, 0.3) is 0 Å². The van der Waals surface area contributed by atoms with Crippen LogP contribution in [-0.4, -0.2) is 21.0 Å². The van der Waals surface area contributed by atoms with E-state index in [1.54, 1.807) is 17.4 Å². The molecule has 2 aromatic rings. The molecule has 0 aromatic carbocycles. The number of carboxylic acid groups (broad SMARTS) is 1. The van der Waals surface area contributed by atoms with Crippen LogP contribution in [0.2, 0.25) is 5.02 Å². The number of carbonyl (C=O) groups is 1. The lowest BCUT2D eigenvalue weighted by atomic mass is 10.3. The Bertz CT molecular complexity index is 600. The van der Waals surface area contributed by atoms with Crippen LogP contribution in [0.1, 0.15) is 27.3 Å². The molecule has 0 spiro atoms. The number of carboxylic acids is 1. The van der Waals surface area contributed by atoms with Crippen molar-refractivity contribution in [1.82, 2.24) is 9.97 Å². The molecule has 7 heteroatoms. The fourth-order valence-electron chi connectivity index (χ4n) is 1.45. The van der Waals surface area contributed by atoms with E-state index in [1.165, 1.54) is 10.9 Å². The van der Waals surface area contributed by atoms with E-state index in [2.05, 4.69) is 22.2 Å². The monoisotopic (exact) mass is 297 g/mol. The molecule has 0 saturated heterocycles. The number of pyridine rings is 1. The Hall–Kier alpha value is -1.66. The van der Waals surface area contributed by atoms with E-state index in [4.69, 9.17) is 16.7 Å². The molecule has 2 aromatic heterocycles. The van der Waals surface area contributed by atoms with Gasteiger partial charge in [0.25, 0.3) is 0 Å². The van der Waals surface area contributed by atoms with Crippen LogP contribution >= 0.6 is 22.9 Å². The summed E-state index contributed by atoms with van der Waals surface area (Å²) in [5.41, 5.74) is -0.153. The van der Waals surface area contributed by atoms with Crippen molar-refractivity contribution >= 4 is 34.7 Å². The molecule has 0 aliphatic carbocycles. The van der Waals surface area contributed by atoms with Crippen molar-refractivity contribution in [1.29, 1.82) is 0 Å². The van der Waals surface area contributed by atoms with Crippen molar-refractivity contribution in [3.63, 3.8) is 0 Å². The molecular weight excluding hydrogens is 286 g/mol. The first-order valence-electron chi connectivity index (χ1n) is 5.67. The fourth-order valence-corrected chi connectivity index (χ4v) is 2.44. The number of aryl methyl sites for hydroxylation is 1. The van der Waals surface area contributed by atoms with E-state index in [9.17, 15) is 4.79 Å². The van der Waals surface area contributed by atoms with Gasteiger partial charge in [-0.3, -0.25) is 0 Å². The molecule has 0 amide bonds. The number of hydrogen-bond donors (Lipinski definition) is 2. The average molecular weight is 298 g/mol. The summed E-state index contributed by atoms with van der Waals surface area (Å²) in [7, 11) is 0. The van der Waals surface area contributed by atoms with Crippen molar-refractivity contribution in [3.8, 4) is 0 Å². The van der Waals surface area contributed by atoms with Gasteiger partial charge in [-0.25, -0.2) is 14.8 Å². The van der Waals surface area contributed by atoms with Crippen LogP contribution in [0.15, 0.2) is 18.3 Å². The third kappa shape index (κ3) is 3.42. The van der Waals surface area contributed by atoms with Crippen LogP contribution < -0.4 is 5.32 Å². The molecule has 0 atom stereocenters. The predicted octanol–water partition coefficient (Wildman–Crippen LogP) is 3.06. The van der Waals surface area contributed by atoms with Crippen LogP contribution in [0.3, 0.4) is 0 Å². The zero-order valence-corrected chi connectivity index (χ0v) is 11.8. The van der Waals surface area contributed by atoms with E-state index >= 15 is 0 Å². The SMILES string of the molecule is CCc1cnc(CNc2ccc(Cl)c(C(=O)O)n2)s1. The van der Waals surface area contributed by atoms with Gasteiger partial charge in [0, 0.05) is 11.1 Å². The molecule has 2 N–H and O–H groups in total. The topological polar surface area (TPSA) is 75.1 Å². The zero-order chi connectivity index (χ0) is 13.8. The van der Waals surface area contributed by atoms with Gasteiger partial charge in [-0.15, -0.1) is 11.3 Å². The number of nitrogens with zero attached hydrogens (tertiary/aromatic N) is 2. The third-order valence-corrected chi connectivity index (χ3v) is 3.87. The molecule has 2 rings (SSSR count). The summed E-state index contributed by atoms with van der Waals surface area (Å²) in [5, 5.41) is 13.0. The third-order valence-electron chi connectivity index (χ3n) is 2.42. The van der Waals surface area contributed by atoms with E-state index in [0.29, 0.717) is 12.4 Å². The van der Waals surface area contributed by atoms with Crippen LogP contribution in [0.5, 0.6) is 0 Å². The van der Waals surface area contributed by atoms with Crippen molar-refractivity contribution in [2.45, 2.75) is 19.9 Å². The molecule has 100 valence electrons. The Labute approximate surface area is 119 Å². The molecule has 2 heterocycles. The van der Waals surface area contributed by atoms with E-state index < -0.39 is 5.97 Å². The lowest BCUT2D eigenvalue weighted by Crippen LogP contribution is -2.06. The first kappa shape index (κ1) is 13.8. The highest BCUT2D eigenvalue weighted by molar-refractivity contribution is 7.11. The predicted molar refractivity (Wildman–Crippen MR) is 75.0 cm³/mol. The van der Waals surface area contributed by atoms with E-state index in [1.807, 2.05) is 6.20 Å². The molecule has 19 heavy (non-hydrogen) atoms. The molecule has 0 fully saturated rings. The van der Waals surface area contributed by atoms with Crippen LogP contribution in [-0.2, 0) is 13.0 Å². The van der Waals surface area contributed by atoms with Crippen molar-refractivity contribution < 1.29 is 9.90 Å². The summed E-state index contributed by atoms with van der Waals surface area (Å²) in [4.78, 5) is 20.3. The van der Waals surface area contributed by atoms with Crippen LogP contribution in [0.4, 0.5) is 5.82 Å².